The van der Waals surface area contributed by atoms with Gasteiger partial charge in [0.15, 0.2) is 23.1 Å². The highest BCUT2D eigenvalue weighted by molar-refractivity contribution is 9.10. The van der Waals surface area contributed by atoms with Crippen LogP contribution in [0.1, 0.15) is 31.2 Å². The van der Waals surface area contributed by atoms with Crippen LogP contribution in [0.5, 0.6) is 11.5 Å². The number of anilines is 1. The van der Waals surface area contributed by atoms with Crippen LogP contribution in [-0.2, 0) is 19.2 Å². The largest absolute Gasteiger partial charge is 0.504 e. The molecule has 2 amide bonds. The second-order valence-corrected chi connectivity index (χ2v) is 11.0. The van der Waals surface area contributed by atoms with Crippen molar-refractivity contribution in [3.63, 3.8) is 0 Å². The number of amides is 2. The van der Waals surface area contributed by atoms with Crippen LogP contribution in [0, 0.1) is 17.8 Å². The highest BCUT2D eigenvalue weighted by Crippen LogP contribution is 2.57. The number of aromatic hydroxyl groups is 1. The minimum atomic E-state index is -0.732. The molecule has 0 bridgehead atoms. The van der Waals surface area contributed by atoms with Crippen molar-refractivity contribution in [1.82, 2.24) is 0 Å². The predicted octanol–water partition coefficient (Wildman–Crippen LogP) is 4.80. The number of allylic oxidation sites excluding steroid dienone is 6. The molecule has 1 aliphatic heterocycles. The van der Waals surface area contributed by atoms with E-state index in [1.54, 1.807) is 49.4 Å². The van der Waals surface area contributed by atoms with Crippen molar-refractivity contribution in [2.24, 2.45) is 17.8 Å². The lowest BCUT2D eigenvalue weighted by molar-refractivity contribution is -0.123. The van der Waals surface area contributed by atoms with E-state index >= 15 is 0 Å². The Bertz CT molecular complexity index is 1530. The number of hydrogen-bond acceptors (Lipinski definition) is 6. The molecule has 0 spiro atoms. The molecule has 0 aromatic heterocycles. The lowest BCUT2D eigenvalue weighted by atomic mass is 9.59. The number of methoxy groups -OCH3 is 1. The number of fused-ring (bicyclic) bond motifs is 3. The maximum absolute atomic E-state index is 13.9. The lowest BCUT2D eigenvalue weighted by Gasteiger charge is -2.42. The summed E-state index contributed by atoms with van der Waals surface area (Å²) in [6.07, 6.45) is 3.79. The van der Waals surface area contributed by atoms with Gasteiger partial charge < -0.3 is 9.84 Å². The van der Waals surface area contributed by atoms with Crippen molar-refractivity contribution in [3.8, 4) is 11.5 Å². The first-order valence-electron chi connectivity index (χ1n) is 12.4. The average Bonchev–Trinajstić information content (AvgIpc) is 3.16. The van der Waals surface area contributed by atoms with Crippen LogP contribution in [0.4, 0.5) is 5.69 Å². The van der Waals surface area contributed by atoms with Crippen molar-refractivity contribution >= 4 is 45.0 Å². The Balaban J connectivity index is 1.51. The molecule has 1 fully saturated rings. The van der Waals surface area contributed by atoms with Gasteiger partial charge in [0.2, 0.25) is 11.8 Å². The summed E-state index contributed by atoms with van der Waals surface area (Å²) in [5, 5.41) is 11.1. The van der Waals surface area contributed by atoms with Crippen LogP contribution in [0.25, 0.3) is 0 Å². The molecule has 6 rings (SSSR count). The fourth-order valence-electron chi connectivity index (χ4n) is 6.50. The standard InChI is InChI=1S/C30H24BrNO6/c1-14-12-22(33)21-13-20-17(24(26(21)27(14)34)18-4-3-5-23(38-2)28(18)35)10-11-19-25(20)30(37)32(29(19)36)16-8-6-15(31)7-9-16/h3-10,12,19-20,24-25,35H,11,13H2,1-2H3/t19-,20+,24+,25-/m0/s1. The third-order valence-electron chi connectivity index (χ3n) is 8.21. The van der Waals surface area contributed by atoms with E-state index < -0.39 is 23.7 Å². The minimum absolute atomic E-state index is 0.117. The molecular formula is C30H24BrNO6. The van der Waals surface area contributed by atoms with Gasteiger partial charge in [0.25, 0.3) is 0 Å². The quantitative estimate of drug-likeness (QED) is 0.321. The molecule has 38 heavy (non-hydrogen) atoms. The van der Waals surface area contributed by atoms with E-state index in [0.29, 0.717) is 34.4 Å². The summed E-state index contributed by atoms with van der Waals surface area (Å²) in [7, 11) is 1.44. The molecule has 1 saturated heterocycles. The number of carbonyl (C=O) groups is 4. The number of ether oxygens (including phenoxy) is 1. The van der Waals surface area contributed by atoms with Crippen molar-refractivity contribution in [1.29, 1.82) is 0 Å². The van der Waals surface area contributed by atoms with E-state index in [-0.39, 0.29) is 41.3 Å². The SMILES string of the molecule is COc1cccc([C@H]2C3=CC[C@@H]4C(=O)N(c5ccc(Br)cc5)C(=O)[C@@H]4[C@@H]3CC3=C2C(=O)C(C)=CC3=O)c1O. The zero-order chi connectivity index (χ0) is 26.9. The van der Waals surface area contributed by atoms with E-state index in [0.717, 1.165) is 10.0 Å². The molecule has 1 N–H and O–H groups in total. The van der Waals surface area contributed by atoms with E-state index in [4.69, 9.17) is 4.74 Å². The molecular weight excluding hydrogens is 550 g/mol. The second-order valence-electron chi connectivity index (χ2n) is 10.1. The first-order valence-corrected chi connectivity index (χ1v) is 13.2. The highest BCUT2D eigenvalue weighted by Gasteiger charge is 2.56. The lowest BCUT2D eigenvalue weighted by Crippen LogP contribution is -2.39. The second kappa shape index (κ2) is 8.91. The fraction of sp³-hybridized carbons (Fsp3) is 0.267. The number of phenols is 1. The number of rotatable bonds is 3. The van der Waals surface area contributed by atoms with Crippen LogP contribution in [0.3, 0.4) is 0 Å². The summed E-state index contributed by atoms with van der Waals surface area (Å²) in [5.41, 5.74) is 2.73. The van der Waals surface area contributed by atoms with Crippen molar-refractivity contribution in [2.75, 3.05) is 12.0 Å². The molecule has 0 saturated carbocycles. The number of benzene rings is 2. The van der Waals surface area contributed by atoms with Gasteiger partial charge in [0, 0.05) is 32.7 Å². The smallest absolute Gasteiger partial charge is 0.238 e. The molecule has 2 aromatic rings. The Hall–Kier alpha value is -3.78. The monoisotopic (exact) mass is 573 g/mol. The number of halogens is 1. The summed E-state index contributed by atoms with van der Waals surface area (Å²) in [6.45, 7) is 1.61. The van der Waals surface area contributed by atoms with E-state index in [2.05, 4.69) is 15.9 Å². The number of nitrogens with zero attached hydrogens (tertiary/aromatic N) is 1. The van der Waals surface area contributed by atoms with Gasteiger partial charge in [-0.05, 0) is 62.1 Å². The third-order valence-corrected chi connectivity index (χ3v) is 8.74. The van der Waals surface area contributed by atoms with E-state index in [1.165, 1.54) is 18.1 Å². The molecule has 192 valence electrons. The van der Waals surface area contributed by atoms with Crippen LogP contribution in [0.15, 0.2) is 81.4 Å². The Kier molecular flexibility index (Phi) is 5.76. The Morgan fingerprint density at radius 1 is 1.00 bits per heavy atom. The summed E-state index contributed by atoms with van der Waals surface area (Å²) in [5.74, 6) is -3.40. The maximum atomic E-state index is 13.9. The van der Waals surface area contributed by atoms with Gasteiger partial charge in [-0.2, -0.15) is 0 Å². The topological polar surface area (TPSA) is 101 Å². The van der Waals surface area contributed by atoms with Gasteiger partial charge >= 0.3 is 0 Å². The molecule has 0 radical (unpaired) electrons. The Morgan fingerprint density at radius 2 is 1.74 bits per heavy atom. The van der Waals surface area contributed by atoms with Crippen LogP contribution < -0.4 is 9.64 Å². The minimum Gasteiger partial charge on any atom is -0.504 e. The molecule has 0 unspecified atom stereocenters. The van der Waals surface area contributed by atoms with Gasteiger partial charge in [-0.25, -0.2) is 0 Å². The van der Waals surface area contributed by atoms with Gasteiger partial charge in [-0.3, -0.25) is 24.1 Å². The van der Waals surface area contributed by atoms with Crippen molar-refractivity contribution < 1.29 is 29.0 Å². The number of ketones is 2. The zero-order valence-electron chi connectivity index (χ0n) is 20.7. The first-order chi connectivity index (χ1) is 18.2. The van der Waals surface area contributed by atoms with Gasteiger partial charge in [-0.15, -0.1) is 0 Å². The molecule has 4 aliphatic rings. The maximum Gasteiger partial charge on any atom is 0.238 e. The summed E-state index contributed by atoms with van der Waals surface area (Å²) in [4.78, 5) is 55.4. The van der Waals surface area contributed by atoms with Crippen LogP contribution in [-0.4, -0.2) is 35.6 Å². The van der Waals surface area contributed by atoms with Gasteiger partial charge in [-0.1, -0.05) is 39.7 Å². The fourth-order valence-corrected chi connectivity index (χ4v) is 6.76. The number of Topliss-reactive ketones (excluding diaryl/α,β-unsaturated/α-hetero) is 1. The Labute approximate surface area is 227 Å². The number of para-hydroxylation sites is 1. The Morgan fingerprint density at radius 3 is 2.45 bits per heavy atom. The molecule has 3 aliphatic carbocycles. The summed E-state index contributed by atoms with van der Waals surface area (Å²) in [6, 6.07) is 12.1. The predicted molar refractivity (Wildman–Crippen MR) is 143 cm³/mol. The number of phenolic OH excluding ortho intramolecular Hbond substituents is 1. The summed E-state index contributed by atoms with van der Waals surface area (Å²) >= 11 is 3.39. The number of imide groups is 1. The zero-order valence-corrected chi connectivity index (χ0v) is 22.3. The average molecular weight is 574 g/mol. The molecule has 1 heterocycles. The van der Waals surface area contributed by atoms with Gasteiger partial charge in [0.05, 0.1) is 24.6 Å². The molecule has 7 nitrogen and oxygen atoms in total. The van der Waals surface area contributed by atoms with E-state index in [9.17, 15) is 24.3 Å². The molecule has 8 heteroatoms. The van der Waals surface area contributed by atoms with Crippen molar-refractivity contribution in [3.05, 3.63) is 86.9 Å². The summed E-state index contributed by atoms with van der Waals surface area (Å²) < 4.78 is 6.16. The van der Waals surface area contributed by atoms with Crippen LogP contribution in [0.2, 0.25) is 0 Å². The van der Waals surface area contributed by atoms with Crippen molar-refractivity contribution in [2.45, 2.75) is 25.7 Å². The molecule has 2 aromatic carbocycles. The highest BCUT2D eigenvalue weighted by atomic mass is 79.9. The normalized spacial score (nSPS) is 26.6. The van der Waals surface area contributed by atoms with E-state index in [1.807, 2.05) is 6.08 Å². The third kappa shape index (κ3) is 3.46. The van der Waals surface area contributed by atoms with Gasteiger partial charge in [0.1, 0.15) is 0 Å². The number of hydrogen-bond donors (Lipinski definition) is 1. The first kappa shape index (κ1) is 24.6. The van der Waals surface area contributed by atoms with Crippen LogP contribution >= 0.6 is 15.9 Å². The number of carbonyl (C=O) groups excluding carboxylic acids is 4. The molecule has 4 atom stereocenters.